The van der Waals surface area contributed by atoms with Gasteiger partial charge in [0.1, 0.15) is 23.9 Å². The third-order valence-electron chi connectivity index (χ3n) is 8.42. The number of aliphatic hydroxyl groups is 2. The van der Waals surface area contributed by atoms with Crippen molar-refractivity contribution in [3.05, 3.63) is 83.4 Å². The van der Waals surface area contributed by atoms with Crippen molar-refractivity contribution >= 4 is 28.6 Å². The molecule has 7 rings (SSSR count). The first kappa shape index (κ1) is 26.0. The highest BCUT2D eigenvalue weighted by atomic mass is 19.2. The molecule has 0 spiro atoms. The third-order valence-corrected chi connectivity index (χ3v) is 8.42. The van der Waals surface area contributed by atoms with Gasteiger partial charge in [0.25, 0.3) is 0 Å². The minimum absolute atomic E-state index is 0.0526. The number of fused-ring (bicyclic) bond motifs is 2. The van der Waals surface area contributed by atoms with E-state index in [1.54, 1.807) is 29.0 Å². The highest BCUT2D eigenvalue weighted by molar-refractivity contribution is 5.90. The van der Waals surface area contributed by atoms with Gasteiger partial charge in [-0.05, 0) is 66.9 Å². The molecule has 1 amide bonds. The second kappa shape index (κ2) is 9.60. The maximum atomic E-state index is 13.9. The molecular weight excluding hydrogens is 544 g/mol. The average molecular weight is 570 g/mol. The van der Waals surface area contributed by atoms with Crippen molar-refractivity contribution in [1.29, 1.82) is 0 Å². The molecule has 42 heavy (non-hydrogen) atoms. The molecule has 212 valence electrons. The summed E-state index contributed by atoms with van der Waals surface area (Å²) in [7, 11) is 1.51. The zero-order valence-electron chi connectivity index (χ0n) is 22.3. The summed E-state index contributed by atoms with van der Waals surface area (Å²) in [4.78, 5) is 30.5. The quantitative estimate of drug-likeness (QED) is 0.269. The second-order valence-corrected chi connectivity index (χ2v) is 10.9. The number of aliphatic hydroxyl groups excluding tert-OH is 2. The maximum Gasteiger partial charge on any atom is 0.229 e. The van der Waals surface area contributed by atoms with Gasteiger partial charge in [0.2, 0.25) is 11.7 Å². The van der Waals surface area contributed by atoms with E-state index >= 15 is 0 Å². The van der Waals surface area contributed by atoms with E-state index in [9.17, 15) is 23.8 Å². The lowest BCUT2D eigenvalue weighted by atomic mass is 9.86. The molecule has 5 atom stereocenters. The third kappa shape index (κ3) is 4.16. The molecular formula is C30H25F2N7O3. The van der Waals surface area contributed by atoms with Crippen LogP contribution in [0.25, 0.3) is 16.9 Å². The molecule has 2 fully saturated rings. The molecule has 4 aromatic rings. The van der Waals surface area contributed by atoms with Crippen LogP contribution >= 0.6 is 0 Å². The van der Waals surface area contributed by atoms with E-state index < -0.39 is 23.2 Å². The first-order valence-electron chi connectivity index (χ1n) is 13.5. The molecule has 3 heterocycles. The number of allylic oxidation sites excluding steroid dienone is 1. The minimum Gasteiger partial charge on any atom is -0.508 e. The number of benzene rings is 1. The molecule has 3 aromatic heterocycles. The number of halogens is 2. The smallest absolute Gasteiger partial charge is 0.229 e. The number of carbonyl (C=O) groups excluding carboxylic acids is 1. The van der Waals surface area contributed by atoms with E-state index in [-0.39, 0.29) is 35.4 Å². The van der Waals surface area contributed by atoms with Crippen molar-refractivity contribution < 1.29 is 23.8 Å². The summed E-state index contributed by atoms with van der Waals surface area (Å²) >= 11 is 0. The Hall–Kier alpha value is -4.89. The molecule has 0 bridgehead atoms. The normalized spacial score (nSPS) is 25.8. The molecule has 4 N–H and O–H groups in total. The molecule has 0 radical (unpaired) electrons. The topological polar surface area (TPSA) is 138 Å². The number of pyridine rings is 1. The second-order valence-electron chi connectivity index (χ2n) is 10.9. The van der Waals surface area contributed by atoms with Crippen molar-refractivity contribution in [3.63, 3.8) is 0 Å². The summed E-state index contributed by atoms with van der Waals surface area (Å²) in [6.07, 6.45) is 3.21. The number of amides is 1. The number of aromatic nitrogens is 5. The number of nitrogens with one attached hydrogen (secondary N) is 2. The van der Waals surface area contributed by atoms with Gasteiger partial charge in [0, 0.05) is 25.2 Å². The zero-order chi connectivity index (χ0) is 29.2. The zero-order valence-corrected chi connectivity index (χ0v) is 22.3. The lowest BCUT2D eigenvalue weighted by Crippen LogP contribution is -2.42. The summed E-state index contributed by atoms with van der Waals surface area (Å²) < 4.78 is 28.9. The van der Waals surface area contributed by atoms with Gasteiger partial charge in [0.15, 0.2) is 28.6 Å². The van der Waals surface area contributed by atoms with Gasteiger partial charge in [-0.2, -0.15) is 0 Å². The van der Waals surface area contributed by atoms with Gasteiger partial charge in [-0.15, -0.1) is 0 Å². The van der Waals surface area contributed by atoms with Crippen LogP contribution in [0.5, 0.6) is 0 Å². The molecule has 0 saturated heterocycles. The predicted octanol–water partition coefficient (Wildman–Crippen LogP) is 3.11. The van der Waals surface area contributed by atoms with Crippen molar-refractivity contribution in [1.82, 2.24) is 29.8 Å². The van der Waals surface area contributed by atoms with E-state index in [1.165, 1.54) is 19.4 Å². The van der Waals surface area contributed by atoms with Gasteiger partial charge >= 0.3 is 0 Å². The number of carbonyl (C=O) groups is 1. The van der Waals surface area contributed by atoms with Crippen LogP contribution in [0.4, 0.5) is 14.6 Å². The van der Waals surface area contributed by atoms with Gasteiger partial charge in [-0.3, -0.25) is 9.36 Å². The predicted molar refractivity (Wildman–Crippen MR) is 148 cm³/mol. The number of anilines is 1. The summed E-state index contributed by atoms with van der Waals surface area (Å²) in [5.41, 5.74) is 1.31. The fourth-order valence-electron chi connectivity index (χ4n) is 5.99. The summed E-state index contributed by atoms with van der Waals surface area (Å²) in [6, 6.07) is 9.13. The number of rotatable bonds is 5. The molecule has 3 aliphatic rings. The number of nitrogens with zero attached hydrogens (tertiary/aromatic N) is 5. The van der Waals surface area contributed by atoms with Crippen LogP contribution in [-0.2, 0) is 4.79 Å². The molecule has 0 aliphatic heterocycles. The van der Waals surface area contributed by atoms with E-state index in [1.807, 2.05) is 6.07 Å². The van der Waals surface area contributed by atoms with E-state index in [0.29, 0.717) is 53.2 Å². The van der Waals surface area contributed by atoms with Crippen molar-refractivity contribution in [2.75, 3.05) is 12.4 Å². The Bertz CT molecular complexity index is 1850. The average Bonchev–Trinajstić information content (AvgIpc) is 3.90. The summed E-state index contributed by atoms with van der Waals surface area (Å²) in [5, 5.41) is 28.0. The van der Waals surface area contributed by atoms with Gasteiger partial charge in [0.05, 0.1) is 11.1 Å². The van der Waals surface area contributed by atoms with Gasteiger partial charge < -0.3 is 20.8 Å². The SMILES string of the molecule is CNC(=O)C12CC1CC(n1cnc3c(N[C@@H]4CC4c4ccc(F)c(F)c4)nc(C#Cc4ccccn4)nc31)=C(O)[C@@H]2O. The first-order chi connectivity index (χ1) is 20.3. The number of hydrogen-bond acceptors (Lipinski definition) is 8. The minimum atomic E-state index is -1.37. The molecule has 3 aliphatic carbocycles. The van der Waals surface area contributed by atoms with Crippen LogP contribution < -0.4 is 10.6 Å². The highest BCUT2D eigenvalue weighted by Crippen LogP contribution is 2.63. The molecule has 10 nitrogen and oxygen atoms in total. The van der Waals surface area contributed by atoms with Crippen molar-refractivity contribution in [2.24, 2.45) is 11.3 Å². The number of imidazole rings is 1. The van der Waals surface area contributed by atoms with Crippen LogP contribution in [-0.4, -0.2) is 59.8 Å². The Labute approximate surface area is 238 Å². The van der Waals surface area contributed by atoms with Crippen LogP contribution in [0.15, 0.2) is 54.7 Å². The van der Waals surface area contributed by atoms with Gasteiger partial charge in [-0.25, -0.2) is 28.7 Å². The first-order valence-corrected chi connectivity index (χ1v) is 13.5. The Balaban J connectivity index is 1.27. The summed E-state index contributed by atoms with van der Waals surface area (Å²) in [6.45, 7) is 0. The molecule has 12 heteroatoms. The largest absolute Gasteiger partial charge is 0.508 e. The van der Waals surface area contributed by atoms with Crippen LogP contribution in [0.2, 0.25) is 0 Å². The van der Waals surface area contributed by atoms with Crippen LogP contribution in [0.1, 0.15) is 42.3 Å². The van der Waals surface area contributed by atoms with Crippen molar-refractivity contribution in [3.8, 4) is 11.8 Å². The molecule has 3 unspecified atom stereocenters. The molecule has 2 saturated carbocycles. The van der Waals surface area contributed by atoms with E-state index in [0.717, 1.165) is 6.07 Å². The van der Waals surface area contributed by atoms with Gasteiger partial charge in [-0.1, -0.05) is 12.1 Å². The standard InChI is InChI=1S/C30H25F2N7O3/c1-33-29(42)30-13-16(30)11-22(25(40)26(30)41)39-14-35-24-27(36-21-12-18(21)15-5-7-19(31)20(32)10-15)37-23(38-28(24)39)8-6-17-4-2-3-9-34-17/h2-5,7,9-10,14,16,18,21,26,40-41H,11-13H2,1H3,(H,33,42)(H,36,37,38)/t16?,18?,21-,26+,30?/m1/s1. The Morgan fingerprint density at radius 2 is 2.00 bits per heavy atom. The van der Waals surface area contributed by atoms with E-state index in [4.69, 9.17) is 0 Å². The fourth-order valence-corrected chi connectivity index (χ4v) is 5.99. The highest BCUT2D eigenvalue weighted by Gasteiger charge is 2.67. The van der Waals surface area contributed by atoms with Crippen molar-refractivity contribution in [2.45, 2.75) is 37.3 Å². The lowest BCUT2D eigenvalue weighted by molar-refractivity contribution is -0.131. The van der Waals surface area contributed by atoms with Crippen LogP contribution in [0.3, 0.4) is 0 Å². The molecule has 1 aromatic carbocycles. The van der Waals surface area contributed by atoms with E-state index in [2.05, 4.69) is 42.4 Å². The Morgan fingerprint density at radius 3 is 2.76 bits per heavy atom. The monoisotopic (exact) mass is 569 g/mol. The lowest BCUT2D eigenvalue weighted by Gasteiger charge is -2.28. The summed E-state index contributed by atoms with van der Waals surface area (Å²) in [5.74, 6) is 3.85. The maximum absolute atomic E-state index is 13.9. The fraction of sp³-hybridized carbons (Fsp3) is 0.300. The number of hydrogen-bond donors (Lipinski definition) is 4. The Kier molecular flexibility index (Phi) is 5.95. The van der Waals surface area contributed by atoms with Crippen LogP contribution in [0, 0.1) is 34.8 Å². The Morgan fingerprint density at radius 1 is 1.14 bits per heavy atom.